The summed E-state index contributed by atoms with van der Waals surface area (Å²) in [5, 5.41) is 6.52. The van der Waals surface area contributed by atoms with Gasteiger partial charge >= 0.3 is 0 Å². The number of benzene rings is 2. The molecule has 1 saturated carbocycles. The Hall–Kier alpha value is -4.07. The third-order valence-electron chi connectivity index (χ3n) is 8.73. The number of pyridine rings is 1. The summed E-state index contributed by atoms with van der Waals surface area (Å²) in [6.45, 7) is 11.8. The van der Waals surface area contributed by atoms with Crippen LogP contribution in [-0.2, 0) is 11.3 Å². The molecule has 6 rings (SSSR count). The molecule has 3 heterocycles. The number of carbonyl (C=O) groups excluding carboxylic acids is 2. The number of anilines is 1. The summed E-state index contributed by atoms with van der Waals surface area (Å²) in [5.41, 5.74) is 8.39. The summed E-state index contributed by atoms with van der Waals surface area (Å²) in [6, 6.07) is 22.7. The Bertz CT molecular complexity index is 1600. The van der Waals surface area contributed by atoms with E-state index < -0.39 is 0 Å². The Morgan fingerprint density at radius 2 is 1.77 bits per heavy atom. The molecule has 0 atom stereocenters. The van der Waals surface area contributed by atoms with Gasteiger partial charge in [0.25, 0.3) is 5.91 Å². The van der Waals surface area contributed by atoms with E-state index in [0.717, 1.165) is 73.6 Å². The van der Waals surface area contributed by atoms with E-state index in [0.29, 0.717) is 30.3 Å². The second-order valence-electron chi connectivity index (χ2n) is 12.5. The van der Waals surface area contributed by atoms with Gasteiger partial charge in [-0.15, -0.1) is 0 Å². The van der Waals surface area contributed by atoms with Crippen LogP contribution in [0, 0.1) is 5.92 Å². The monoisotopic (exact) mass is 589 g/mol. The molecule has 7 heteroatoms. The van der Waals surface area contributed by atoms with Crippen molar-refractivity contribution in [3.05, 3.63) is 101 Å². The second kappa shape index (κ2) is 13.3. The maximum Gasteiger partial charge on any atom is 0.276 e. The fraction of sp³-hybridized carbons (Fsp3) is 0.378. The Morgan fingerprint density at radius 3 is 2.55 bits per heavy atom. The number of para-hydroxylation sites is 1. The number of nitrogens with one attached hydrogen (secondary N) is 2. The van der Waals surface area contributed by atoms with Crippen LogP contribution in [0.25, 0.3) is 16.8 Å². The maximum absolute atomic E-state index is 14.2. The van der Waals surface area contributed by atoms with E-state index in [9.17, 15) is 9.59 Å². The van der Waals surface area contributed by atoms with Crippen LogP contribution in [0.4, 0.5) is 5.69 Å². The van der Waals surface area contributed by atoms with Crippen LogP contribution >= 0.6 is 0 Å². The highest BCUT2D eigenvalue weighted by Crippen LogP contribution is 2.39. The average Bonchev–Trinajstić information content (AvgIpc) is 3.87. The number of amides is 2. The van der Waals surface area contributed by atoms with Gasteiger partial charge in [-0.05, 0) is 73.1 Å². The van der Waals surface area contributed by atoms with Crippen molar-refractivity contribution in [2.24, 2.45) is 5.92 Å². The highest BCUT2D eigenvalue weighted by Gasteiger charge is 2.29. The highest BCUT2D eigenvalue weighted by molar-refractivity contribution is 6.07. The Morgan fingerprint density at radius 1 is 1.00 bits per heavy atom. The molecule has 0 radical (unpaired) electrons. The summed E-state index contributed by atoms with van der Waals surface area (Å²) < 4.78 is 0. The van der Waals surface area contributed by atoms with Gasteiger partial charge in [0.05, 0.1) is 11.4 Å². The number of hydrogen-bond donors (Lipinski definition) is 2. The minimum atomic E-state index is -0.118. The number of piperazine rings is 1. The van der Waals surface area contributed by atoms with Gasteiger partial charge in [0.15, 0.2) is 0 Å². The van der Waals surface area contributed by atoms with Gasteiger partial charge in [-0.2, -0.15) is 0 Å². The molecule has 0 bridgehead atoms. The number of aromatic nitrogens is 1. The summed E-state index contributed by atoms with van der Waals surface area (Å²) in [5.74, 6) is 0.0890. The molecule has 3 aliphatic rings. The van der Waals surface area contributed by atoms with Crippen molar-refractivity contribution in [3.63, 3.8) is 0 Å². The van der Waals surface area contributed by atoms with Crippen molar-refractivity contribution in [2.75, 3.05) is 37.6 Å². The molecule has 2 N–H and O–H groups in total. The summed E-state index contributed by atoms with van der Waals surface area (Å²) in [4.78, 5) is 36.3. The molecule has 1 saturated heterocycles. The molecule has 2 aromatic carbocycles. The Labute approximate surface area is 261 Å². The average molecular weight is 590 g/mol. The van der Waals surface area contributed by atoms with E-state index >= 15 is 0 Å². The molecule has 2 amide bonds. The topological polar surface area (TPSA) is 77.6 Å². The van der Waals surface area contributed by atoms with Crippen molar-refractivity contribution in [2.45, 2.75) is 52.6 Å². The molecule has 2 aliphatic heterocycles. The highest BCUT2D eigenvalue weighted by atomic mass is 16.2. The van der Waals surface area contributed by atoms with Gasteiger partial charge in [0.1, 0.15) is 5.69 Å². The minimum Gasteiger partial charge on any atom is -0.350 e. The van der Waals surface area contributed by atoms with Gasteiger partial charge in [0, 0.05) is 62.0 Å². The van der Waals surface area contributed by atoms with Gasteiger partial charge in [-0.25, -0.2) is 4.98 Å². The van der Waals surface area contributed by atoms with E-state index in [1.165, 1.54) is 11.1 Å². The minimum absolute atomic E-state index is 0.00779. The van der Waals surface area contributed by atoms with Crippen molar-refractivity contribution >= 4 is 23.1 Å². The lowest BCUT2D eigenvalue weighted by Crippen LogP contribution is -2.42. The van der Waals surface area contributed by atoms with Crippen molar-refractivity contribution < 1.29 is 9.59 Å². The van der Waals surface area contributed by atoms with Gasteiger partial charge in [-0.3, -0.25) is 14.5 Å². The number of fused-ring (bicyclic) bond motifs is 1. The molecule has 1 aliphatic carbocycles. The summed E-state index contributed by atoms with van der Waals surface area (Å²) in [6.07, 6.45) is 4.79. The summed E-state index contributed by atoms with van der Waals surface area (Å²) >= 11 is 0. The Balaban J connectivity index is 1.28. The van der Waals surface area contributed by atoms with Crippen molar-refractivity contribution in [1.29, 1.82) is 0 Å². The maximum atomic E-state index is 14.2. The Kier molecular flexibility index (Phi) is 9.05. The first-order valence-electron chi connectivity index (χ1n) is 16.0. The number of nitrogens with zero attached hydrogens (tertiary/aromatic N) is 3. The van der Waals surface area contributed by atoms with E-state index in [-0.39, 0.29) is 17.7 Å². The van der Waals surface area contributed by atoms with E-state index in [1.807, 2.05) is 54.3 Å². The van der Waals surface area contributed by atoms with Gasteiger partial charge < -0.3 is 15.5 Å². The lowest BCUT2D eigenvalue weighted by Gasteiger charge is -2.27. The smallest absolute Gasteiger partial charge is 0.276 e. The molecule has 3 aromatic rings. The van der Waals surface area contributed by atoms with E-state index in [2.05, 4.69) is 59.7 Å². The number of rotatable bonds is 8. The molecular formula is C37H43N5O2. The first kappa shape index (κ1) is 30.0. The zero-order valence-electron chi connectivity index (χ0n) is 26.1. The van der Waals surface area contributed by atoms with Crippen LogP contribution < -0.4 is 15.5 Å². The number of allylic oxidation sites excluding steroid dienone is 2. The first-order valence-corrected chi connectivity index (χ1v) is 16.0. The lowest BCUT2D eigenvalue weighted by molar-refractivity contribution is -0.117. The van der Waals surface area contributed by atoms with Crippen LogP contribution in [-0.4, -0.2) is 60.5 Å². The van der Waals surface area contributed by atoms with Crippen molar-refractivity contribution in [1.82, 2.24) is 20.5 Å². The van der Waals surface area contributed by atoms with E-state index in [4.69, 9.17) is 4.98 Å². The van der Waals surface area contributed by atoms with E-state index in [1.54, 1.807) is 0 Å². The third-order valence-corrected chi connectivity index (χ3v) is 8.73. The van der Waals surface area contributed by atoms with Gasteiger partial charge in [-0.1, -0.05) is 62.4 Å². The molecule has 1 aromatic heterocycles. The second-order valence-corrected chi connectivity index (χ2v) is 12.5. The molecule has 2 fully saturated rings. The van der Waals surface area contributed by atoms with Crippen molar-refractivity contribution in [3.8, 4) is 11.3 Å². The first-order chi connectivity index (χ1) is 21.4. The zero-order valence-corrected chi connectivity index (χ0v) is 26.1. The summed E-state index contributed by atoms with van der Waals surface area (Å²) in [7, 11) is 0. The predicted molar refractivity (Wildman–Crippen MR) is 177 cm³/mol. The van der Waals surface area contributed by atoms with Crippen LogP contribution in [0.1, 0.15) is 61.6 Å². The van der Waals surface area contributed by atoms with Crippen LogP contribution in [0.5, 0.6) is 0 Å². The number of carbonyl (C=O) groups is 2. The fourth-order valence-corrected chi connectivity index (χ4v) is 6.30. The molecule has 44 heavy (non-hydrogen) atoms. The molecular weight excluding hydrogens is 546 g/mol. The fourth-order valence-electron chi connectivity index (χ4n) is 6.30. The largest absolute Gasteiger partial charge is 0.350 e. The lowest BCUT2D eigenvalue weighted by atomic mass is 9.88. The van der Waals surface area contributed by atoms with Crippen LogP contribution in [0.2, 0.25) is 0 Å². The number of hydrogen-bond acceptors (Lipinski definition) is 5. The predicted octanol–water partition coefficient (Wildman–Crippen LogP) is 5.84. The normalized spacial score (nSPS) is 17.8. The molecule has 0 unspecified atom stereocenters. The van der Waals surface area contributed by atoms with Crippen LogP contribution in [0.3, 0.4) is 0 Å². The van der Waals surface area contributed by atoms with Crippen LogP contribution in [0.15, 0.2) is 84.0 Å². The standard InChI is InChI=1S/C37H43N5O2/c1-25(2)35-29(22-26(3)36(43)39-30-14-15-30)16-19-42(34-13-5-4-10-31(34)35)37(44)33-12-7-11-32(40-33)28-9-6-8-27(23-28)24-41-20-17-38-18-21-41/h4-13,22-23,25,30,38H,14-21,24H2,1-3H3,(H,39,43)/b26-22+. The molecule has 228 valence electrons. The quantitative estimate of drug-likeness (QED) is 0.323. The zero-order chi connectivity index (χ0) is 30.6. The molecule has 0 spiro atoms. The third kappa shape index (κ3) is 6.85. The van der Waals surface area contributed by atoms with Gasteiger partial charge in [0.2, 0.25) is 5.91 Å². The molecule has 7 nitrogen and oxygen atoms in total. The SMILES string of the molecule is C/C(=C\C1=C(C(C)C)c2ccccc2N(C(=O)c2cccc(-c3cccc(CN4CCNCC4)c3)n2)CC1)C(=O)NC1CC1.